The van der Waals surface area contributed by atoms with E-state index in [2.05, 4.69) is 15.3 Å². The van der Waals surface area contributed by atoms with Crippen molar-refractivity contribution in [3.8, 4) is 16.8 Å². The first-order valence-electron chi connectivity index (χ1n) is 11.4. The minimum absolute atomic E-state index is 0.0902. The van der Waals surface area contributed by atoms with E-state index in [0.29, 0.717) is 43.7 Å². The van der Waals surface area contributed by atoms with Crippen LogP contribution in [0.15, 0.2) is 88.7 Å². The summed E-state index contributed by atoms with van der Waals surface area (Å²) in [5, 5.41) is 4.06. The molecular formula is C27H23ClN6O2S. The molecule has 0 fully saturated rings. The first-order valence-corrected chi connectivity index (χ1v) is 13.4. The Morgan fingerprint density at radius 2 is 1.78 bits per heavy atom. The second-order valence-corrected chi connectivity index (χ2v) is 10.2. The summed E-state index contributed by atoms with van der Waals surface area (Å²) >= 11 is 6.40. The van der Waals surface area contributed by atoms with Gasteiger partial charge in [0.05, 0.1) is 27.7 Å². The lowest BCUT2D eigenvalue weighted by Crippen LogP contribution is -2.27. The third kappa shape index (κ3) is 4.83. The molecule has 2 atom stereocenters. The summed E-state index contributed by atoms with van der Waals surface area (Å²) in [6.07, 6.45) is 3.24. The molecule has 2 unspecified atom stereocenters. The van der Waals surface area contributed by atoms with Crippen LogP contribution in [0.5, 0.6) is 0 Å². The van der Waals surface area contributed by atoms with Crippen molar-refractivity contribution in [2.24, 2.45) is 0 Å². The molecule has 8 nitrogen and oxygen atoms in total. The highest BCUT2D eigenvalue weighted by molar-refractivity contribution is 7.84. The Labute approximate surface area is 220 Å². The van der Waals surface area contributed by atoms with Gasteiger partial charge in [-0.1, -0.05) is 48.0 Å². The van der Waals surface area contributed by atoms with Crippen LogP contribution in [0.1, 0.15) is 18.8 Å². The number of rotatable bonds is 6. The van der Waals surface area contributed by atoms with Gasteiger partial charge in [-0.2, -0.15) is 4.98 Å². The first-order chi connectivity index (χ1) is 17.8. The van der Waals surface area contributed by atoms with Gasteiger partial charge in [0, 0.05) is 33.7 Å². The van der Waals surface area contributed by atoms with Gasteiger partial charge in [-0.15, -0.1) is 0 Å². The second-order valence-electron chi connectivity index (χ2n) is 8.42. The summed E-state index contributed by atoms with van der Waals surface area (Å²) in [4.78, 5) is 27.8. The number of nitrogens with two attached hydrogens (primary N) is 1. The number of hydrogen-bond donors (Lipinski definition) is 2. The Bertz CT molecular complexity index is 1710. The van der Waals surface area contributed by atoms with E-state index in [1.165, 1.54) is 0 Å². The summed E-state index contributed by atoms with van der Waals surface area (Å²) in [6, 6.07) is 21.3. The average Bonchev–Trinajstić information content (AvgIpc) is 2.89. The van der Waals surface area contributed by atoms with Gasteiger partial charge in [-0.05, 0) is 48.9 Å². The lowest BCUT2D eigenvalue weighted by molar-refractivity contribution is 0.687. The van der Waals surface area contributed by atoms with Gasteiger partial charge in [0.1, 0.15) is 11.6 Å². The highest BCUT2D eigenvalue weighted by Crippen LogP contribution is 2.31. The third-order valence-electron chi connectivity index (χ3n) is 5.91. The summed E-state index contributed by atoms with van der Waals surface area (Å²) in [6.45, 7) is 1.89. The Morgan fingerprint density at radius 3 is 2.54 bits per heavy atom. The number of halogens is 1. The third-order valence-corrected chi connectivity index (χ3v) is 7.14. The lowest BCUT2D eigenvalue weighted by Gasteiger charge is -2.21. The van der Waals surface area contributed by atoms with Crippen LogP contribution in [0.4, 0.5) is 11.8 Å². The Kier molecular flexibility index (Phi) is 6.73. The van der Waals surface area contributed by atoms with E-state index in [-0.39, 0.29) is 11.5 Å². The number of hydrogen-bond acceptors (Lipinski definition) is 7. The fourth-order valence-corrected chi connectivity index (χ4v) is 4.97. The maximum atomic E-state index is 13.7. The second kappa shape index (κ2) is 10.1. The standard InChI is InChI=1S/C27H23ClN6O2S/c1-16(31-24-20(15-30-27(29)33-24)17-8-6-11-19(14-17)37(2)36)25-32-22-13-7-12-21(28)23(22)26(35)34(25)18-9-4-3-5-10-18/h3-16H,1-2H3,(H3,29,30,31,33). The predicted molar refractivity (Wildman–Crippen MR) is 149 cm³/mol. The summed E-state index contributed by atoms with van der Waals surface area (Å²) in [5.41, 5.74) is 8.27. The molecule has 0 aliphatic rings. The Hall–Kier alpha value is -4.08. The number of anilines is 2. The zero-order valence-corrected chi connectivity index (χ0v) is 21.6. The van der Waals surface area contributed by atoms with Crippen LogP contribution >= 0.6 is 11.6 Å². The fourth-order valence-electron chi connectivity index (χ4n) is 4.15. The lowest BCUT2D eigenvalue weighted by atomic mass is 10.1. The molecular weight excluding hydrogens is 508 g/mol. The summed E-state index contributed by atoms with van der Waals surface area (Å²) in [7, 11) is -1.15. The molecule has 0 bridgehead atoms. The van der Waals surface area contributed by atoms with E-state index in [0.717, 1.165) is 5.56 Å². The quantitative estimate of drug-likeness (QED) is 0.318. The van der Waals surface area contributed by atoms with Crippen molar-refractivity contribution >= 4 is 45.1 Å². The topological polar surface area (TPSA) is 116 Å². The predicted octanol–water partition coefficient (Wildman–Crippen LogP) is 4.99. The van der Waals surface area contributed by atoms with Crippen molar-refractivity contribution in [2.45, 2.75) is 17.9 Å². The molecule has 10 heteroatoms. The molecule has 5 aromatic rings. The van der Waals surface area contributed by atoms with Crippen LogP contribution in [0.3, 0.4) is 0 Å². The van der Waals surface area contributed by atoms with E-state index in [4.69, 9.17) is 22.3 Å². The molecule has 0 radical (unpaired) electrons. The van der Waals surface area contributed by atoms with Crippen LogP contribution in [0.25, 0.3) is 27.7 Å². The molecule has 0 saturated heterocycles. The van der Waals surface area contributed by atoms with E-state index in [1.54, 1.807) is 41.3 Å². The van der Waals surface area contributed by atoms with Crippen LogP contribution in [0.2, 0.25) is 5.02 Å². The van der Waals surface area contributed by atoms with Gasteiger partial charge < -0.3 is 11.1 Å². The molecule has 3 N–H and O–H groups in total. The molecule has 0 aliphatic heterocycles. The van der Waals surface area contributed by atoms with Crippen LogP contribution < -0.4 is 16.6 Å². The number of aromatic nitrogens is 4. The molecule has 0 saturated carbocycles. The van der Waals surface area contributed by atoms with E-state index in [1.807, 2.05) is 55.5 Å². The maximum absolute atomic E-state index is 13.7. The number of benzene rings is 3. The summed E-state index contributed by atoms with van der Waals surface area (Å²) < 4.78 is 13.6. The highest BCUT2D eigenvalue weighted by Gasteiger charge is 2.21. The average molecular weight is 531 g/mol. The van der Waals surface area contributed by atoms with Gasteiger partial charge in [0.15, 0.2) is 0 Å². The SMILES string of the molecule is CC(Nc1nc(N)ncc1-c1cccc(S(C)=O)c1)c1nc2cccc(Cl)c2c(=O)n1-c1ccccc1. The zero-order chi connectivity index (χ0) is 26.1. The zero-order valence-electron chi connectivity index (χ0n) is 20.1. The van der Waals surface area contributed by atoms with Crippen molar-refractivity contribution in [2.75, 3.05) is 17.3 Å². The first kappa shape index (κ1) is 24.6. The van der Waals surface area contributed by atoms with E-state index in [9.17, 15) is 9.00 Å². The number of fused-ring (bicyclic) bond motifs is 1. The molecule has 0 spiro atoms. The van der Waals surface area contributed by atoms with Gasteiger partial charge in [-0.3, -0.25) is 13.6 Å². The minimum atomic E-state index is -1.15. The largest absolute Gasteiger partial charge is 0.368 e. The Balaban J connectivity index is 1.66. The number of nitrogens with one attached hydrogen (secondary N) is 1. The molecule has 3 aromatic carbocycles. The van der Waals surface area contributed by atoms with Crippen molar-refractivity contribution in [3.63, 3.8) is 0 Å². The smallest absolute Gasteiger partial charge is 0.267 e. The van der Waals surface area contributed by atoms with Gasteiger partial charge in [-0.25, -0.2) is 9.97 Å². The number of nitrogens with zero attached hydrogens (tertiary/aromatic N) is 4. The summed E-state index contributed by atoms with van der Waals surface area (Å²) in [5.74, 6) is 1.02. The van der Waals surface area contributed by atoms with Crippen molar-refractivity contribution in [1.29, 1.82) is 0 Å². The molecule has 2 heterocycles. The van der Waals surface area contributed by atoms with Crippen molar-refractivity contribution in [3.05, 3.63) is 100 Å². The fraction of sp³-hybridized carbons (Fsp3) is 0.111. The molecule has 0 amide bonds. The molecule has 2 aromatic heterocycles. The van der Waals surface area contributed by atoms with Crippen molar-refractivity contribution in [1.82, 2.24) is 19.5 Å². The molecule has 186 valence electrons. The van der Waals surface area contributed by atoms with Gasteiger partial charge >= 0.3 is 0 Å². The van der Waals surface area contributed by atoms with Gasteiger partial charge in [0.25, 0.3) is 5.56 Å². The van der Waals surface area contributed by atoms with Crippen LogP contribution in [-0.2, 0) is 10.8 Å². The van der Waals surface area contributed by atoms with Crippen LogP contribution in [-0.4, -0.2) is 30.0 Å². The normalized spacial score (nSPS) is 12.8. The van der Waals surface area contributed by atoms with E-state index < -0.39 is 16.8 Å². The van der Waals surface area contributed by atoms with Gasteiger partial charge in [0.2, 0.25) is 5.95 Å². The molecule has 0 aliphatic carbocycles. The highest BCUT2D eigenvalue weighted by atomic mass is 35.5. The Morgan fingerprint density at radius 1 is 1.03 bits per heavy atom. The minimum Gasteiger partial charge on any atom is -0.368 e. The maximum Gasteiger partial charge on any atom is 0.267 e. The molecule has 5 rings (SSSR count). The monoisotopic (exact) mass is 530 g/mol. The van der Waals surface area contributed by atoms with E-state index >= 15 is 0 Å². The number of para-hydroxylation sites is 1. The van der Waals surface area contributed by atoms with Crippen LogP contribution in [0, 0.1) is 0 Å². The van der Waals surface area contributed by atoms with Crippen molar-refractivity contribution < 1.29 is 4.21 Å². The molecule has 37 heavy (non-hydrogen) atoms. The number of nitrogen functional groups attached to an aromatic ring is 1.